The van der Waals surface area contributed by atoms with Gasteiger partial charge in [-0.15, -0.1) is 23.7 Å². The minimum absolute atomic E-state index is 0. The first-order valence-corrected chi connectivity index (χ1v) is 6.74. The molecule has 0 amide bonds. The van der Waals surface area contributed by atoms with Gasteiger partial charge in [0.1, 0.15) is 0 Å². The number of hydrogen-bond donors (Lipinski definition) is 2. The van der Waals surface area contributed by atoms with E-state index in [1.54, 1.807) is 0 Å². The first-order valence-electron chi connectivity index (χ1n) is 5.92. The first kappa shape index (κ1) is 15.7. The molecule has 1 aromatic rings. The third-order valence-electron chi connectivity index (χ3n) is 3.02. The minimum atomic E-state index is 0. The van der Waals surface area contributed by atoms with E-state index in [0.29, 0.717) is 17.7 Å². The summed E-state index contributed by atoms with van der Waals surface area (Å²) in [5, 5.41) is 9.75. The summed E-state index contributed by atoms with van der Waals surface area (Å²) in [6, 6.07) is 0.499. The Hall–Kier alpha value is -0.400. The maximum Gasteiger partial charge on any atom is 0.180 e. The van der Waals surface area contributed by atoms with Gasteiger partial charge < -0.3 is 15.6 Å². The van der Waals surface area contributed by atoms with E-state index in [4.69, 9.17) is 15.6 Å². The van der Waals surface area contributed by atoms with Crippen LogP contribution in [-0.4, -0.2) is 47.4 Å². The summed E-state index contributed by atoms with van der Waals surface area (Å²) in [6.07, 6.45) is 3.90. The summed E-state index contributed by atoms with van der Waals surface area (Å²) >= 11 is 1.52. The summed E-state index contributed by atoms with van der Waals surface area (Å²) in [5.41, 5.74) is 5.63. The molecule has 5 nitrogen and oxygen atoms in total. The molecular formula is C11H20ClN3O2S. The number of anilines is 1. The van der Waals surface area contributed by atoms with Crippen molar-refractivity contribution in [2.75, 3.05) is 32.1 Å². The molecule has 1 fully saturated rings. The van der Waals surface area contributed by atoms with E-state index in [1.165, 1.54) is 11.3 Å². The Labute approximate surface area is 117 Å². The second kappa shape index (κ2) is 7.91. The van der Waals surface area contributed by atoms with E-state index in [-0.39, 0.29) is 19.0 Å². The van der Waals surface area contributed by atoms with Gasteiger partial charge in [-0.2, -0.15) is 0 Å². The summed E-state index contributed by atoms with van der Waals surface area (Å²) in [6.45, 7) is 3.34. The van der Waals surface area contributed by atoms with Crippen molar-refractivity contribution in [3.63, 3.8) is 0 Å². The van der Waals surface area contributed by atoms with Gasteiger partial charge in [0.2, 0.25) is 0 Å². The van der Waals surface area contributed by atoms with Crippen LogP contribution in [0.25, 0.3) is 0 Å². The van der Waals surface area contributed by atoms with E-state index in [1.807, 2.05) is 6.20 Å². The van der Waals surface area contributed by atoms with Gasteiger partial charge in [-0.25, -0.2) is 4.98 Å². The lowest BCUT2D eigenvalue weighted by atomic mass is 10.1. The second-order valence-corrected chi connectivity index (χ2v) is 5.35. The van der Waals surface area contributed by atoms with Crippen LogP contribution in [0.5, 0.6) is 0 Å². The topological polar surface area (TPSA) is 71.6 Å². The number of aliphatic hydroxyl groups is 1. The first-order chi connectivity index (χ1) is 8.29. The molecule has 18 heavy (non-hydrogen) atoms. The SMILES string of the molecule is Cl.Nc1ncc(CN(CCO)C2CCOCC2)s1. The van der Waals surface area contributed by atoms with Crippen molar-refractivity contribution in [3.8, 4) is 0 Å². The Balaban J connectivity index is 0.00000162. The van der Waals surface area contributed by atoms with Crippen LogP contribution in [0.15, 0.2) is 6.20 Å². The highest BCUT2D eigenvalue weighted by atomic mass is 35.5. The zero-order valence-electron chi connectivity index (χ0n) is 10.2. The van der Waals surface area contributed by atoms with Crippen LogP contribution < -0.4 is 5.73 Å². The molecule has 0 aromatic carbocycles. The molecule has 1 aromatic heterocycles. The number of rotatable bonds is 5. The molecule has 1 aliphatic heterocycles. The molecule has 2 rings (SSSR count). The smallest absolute Gasteiger partial charge is 0.180 e. The molecule has 0 atom stereocenters. The maximum absolute atomic E-state index is 9.14. The number of ether oxygens (including phenoxy) is 1. The van der Waals surface area contributed by atoms with Crippen molar-refractivity contribution in [2.45, 2.75) is 25.4 Å². The molecule has 0 spiro atoms. The molecule has 0 unspecified atom stereocenters. The number of aromatic nitrogens is 1. The molecular weight excluding hydrogens is 274 g/mol. The predicted octanol–water partition coefficient (Wildman–Crippen LogP) is 1.12. The van der Waals surface area contributed by atoms with Gasteiger partial charge in [0, 0.05) is 43.4 Å². The maximum atomic E-state index is 9.14. The van der Waals surface area contributed by atoms with Crippen molar-refractivity contribution >= 4 is 28.9 Å². The molecule has 0 aliphatic carbocycles. The quantitative estimate of drug-likeness (QED) is 0.851. The van der Waals surface area contributed by atoms with Crippen LogP contribution in [0.2, 0.25) is 0 Å². The van der Waals surface area contributed by atoms with Crippen molar-refractivity contribution in [1.29, 1.82) is 0 Å². The van der Waals surface area contributed by atoms with Gasteiger partial charge in [-0.1, -0.05) is 0 Å². The molecule has 2 heterocycles. The van der Waals surface area contributed by atoms with Crippen molar-refractivity contribution in [2.24, 2.45) is 0 Å². The van der Waals surface area contributed by atoms with Crippen LogP contribution in [-0.2, 0) is 11.3 Å². The molecule has 104 valence electrons. The molecule has 0 bridgehead atoms. The van der Waals surface area contributed by atoms with Crippen LogP contribution in [0.3, 0.4) is 0 Å². The van der Waals surface area contributed by atoms with Crippen LogP contribution in [0.1, 0.15) is 17.7 Å². The number of nitrogens with two attached hydrogens (primary N) is 1. The Morgan fingerprint density at radius 1 is 1.50 bits per heavy atom. The Morgan fingerprint density at radius 3 is 2.78 bits per heavy atom. The highest BCUT2D eigenvalue weighted by Crippen LogP contribution is 2.21. The molecule has 0 radical (unpaired) electrons. The Bertz CT molecular complexity index is 345. The normalized spacial score (nSPS) is 16.8. The summed E-state index contributed by atoms with van der Waals surface area (Å²) in [5.74, 6) is 0. The van der Waals surface area contributed by atoms with Gasteiger partial charge in [0.25, 0.3) is 0 Å². The van der Waals surface area contributed by atoms with Gasteiger partial charge >= 0.3 is 0 Å². The fourth-order valence-corrected chi connectivity index (χ4v) is 2.88. The zero-order chi connectivity index (χ0) is 12.1. The van der Waals surface area contributed by atoms with Crippen molar-refractivity contribution in [1.82, 2.24) is 9.88 Å². The van der Waals surface area contributed by atoms with Gasteiger partial charge in [0.05, 0.1) is 6.61 Å². The van der Waals surface area contributed by atoms with Crippen molar-refractivity contribution in [3.05, 3.63) is 11.1 Å². The monoisotopic (exact) mass is 293 g/mol. The number of halogens is 1. The van der Waals surface area contributed by atoms with E-state index in [9.17, 15) is 0 Å². The van der Waals surface area contributed by atoms with Crippen LogP contribution in [0.4, 0.5) is 5.13 Å². The molecule has 3 N–H and O–H groups in total. The highest BCUT2D eigenvalue weighted by molar-refractivity contribution is 7.15. The highest BCUT2D eigenvalue weighted by Gasteiger charge is 2.21. The molecule has 1 aliphatic rings. The Morgan fingerprint density at radius 2 is 2.22 bits per heavy atom. The summed E-state index contributed by atoms with van der Waals surface area (Å²) in [4.78, 5) is 7.51. The van der Waals surface area contributed by atoms with Crippen molar-refractivity contribution < 1.29 is 9.84 Å². The number of thiazole rings is 1. The summed E-state index contributed by atoms with van der Waals surface area (Å²) in [7, 11) is 0. The van der Waals surface area contributed by atoms with E-state index in [2.05, 4.69) is 9.88 Å². The third kappa shape index (κ3) is 4.37. The molecule has 1 saturated heterocycles. The van der Waals surface area contributed by atoms with E-state index in [0.717, 1.165) is 37.5 Å². The average molecular weight is 294 g/mol. The lowest BCUT2D eigenvalue weighted by Crippen LogP contribution is -2.40. The van der Waals surface area contributed by atoms with Gasteiger partial charge in [-0.05, 0) is 12.8 Å². The fraction of sp³-hybridized carbons (Fsp3) is 0.727. The standard InChI is InChI=1S/C11H19N3O2S.ClH/c12-11-13-7-10(17-11)8-14(3-4-15)9-1-5-16-6-2-9;/h7,9,15H,1-6,8H2,(H2,12,13);1H. The largest absolute Gasteiger partial charge is 0.395 e. The average Bonchev–Trinajstić information content (AvgIpc) is 2.75. The summed E-state index contributed by atoms with van der Waals surface area (Å²) < 4.78 is 5.36. The van der Waals surface area contributed by atoms with Crippen LogP contribution in [0, 0.1) is 0 Å². The number of nitrogen functional groups attached to an aromatic ring is 1. The zero-order valence-corrected chi connectivity index (χ0v) is 11.9. The lowest BCUT2D eigenvalue weighted by Gasteiger charge is -2.33. The molecule has 0 saturated carbocycles. The molecule has 7 heteroatoms. The second-order valence-electron chi connectivity index (χ2n) is 4.20. The third-order valence-corrected chi connectivity index (χ3v) is 3.84. The van der Waals surface area contributed by atoms with Crippen LogP contribution >= 0.6 is 23.7 Å². The minimum Gasteiger partial charge on any atom is -0.395 e. The van der Waals surface area contributed by atoms with E-state index < -0.39 is 0 Å². The van der Waals surface area contributed by atoms with Gasteiger partial charge in [0.15, 0.2) is 5.13 Å². The predicted molar refractivity (Wildman–Crippen MR) is 75.1 cm³/mol. The van der Waals surface area contributed by atoms with E-state index >= 15 is 0 Å². The number of nitrogens with zero attached hydrogens (tertiary/aromatic N) is 2. The number of hydrogen-bond acceptors (Lipinski definition) is 6. The number of aliphatic hydroxyl groups excluding tert-OH is 1. The van der Waals surface area contributed by atoms with Gasteiger partial charge in [-0.3, -0.25) is 4.90 Å². The fourth-order valence-electron chi connectivity index (χ4n) is 2.17. The Kier molecular flexibility index (Phi) is 6.88. The lowest BCUT2D eigenvalue weighted by molar-refractivity contribution is 0.0252.